The van der Waals surface area contributed by atoms with Gasteiger partial charge in [-0.15, -0.1) is 0 Å². The molecule has 3 aromatic carbocycles. The SMILES string of the molecule is COC(=O)c1ccc(/C(=C/NCCc2ccccc2)N(C=O)Cc2ccc(C(F)(F)P(=O)(O)O)c(Br)c2)cc1. The molecule has 206 valence electrons. The van der Waals surface area contributed by atoms with Crippen LogP contribution in [0.3, 0.4) is 0 Å². The predicted octanol–water partition coefficient (Wildman–Crippen LogP) is 5.25. The summed E-state index contributed by atoms with van der Waals surface area (Å²) in [7, 11) is -4.48. The van der Waals surface area contributed by atoms with E-state index in [-0.39, 0.29) is 11.0 Å². The van der Waals surface area contributed by atoms with Gasteiger partial charge in [0.1, 0.15) is 0 Å². The summed E-state index contributed by atoms with van der Waals surface area (Å²) >= 11 is 2.97. The highest BCUT2D eigenvalue weighted by molar-refractivity contribution is 9.10. The van der Waals surface area contributed by atoms with E-state index in [1.165, 1.54) is 24.1 Å². The molecule has 0 saturated heterocycles. The number of benzene rings is 3. The lowest BCUT2D eigenvalue weighted by molar-refractivity contribution is -0.115. The van der Waals surface area contributed by atoms with Gasteiger partial charge in [-0.2, -0.15) is 8.78 Å². The molecule has 0 spiro atoms. The van der Waals surface area contributed by atoms with Crippen LogP contribution in [0.4, 0.5) is 8.78 Å². The number of esters is 1. The molecule has 0 fully saturated rings. The summed E-state index contributed by atoms with van der Waals surface area (Å²) in [6, 6.07) is 19.6. The first kappa shape index (κ1) is 30.2. The second kappa shape index (κ2) is 13.1. The second-order valence-electron chi connectivity index (χ2n) is 8.42. The summed E-state index contributed by atoms with van der Waals surface area (Å²) in [5.74, 6) is -0.516. The summed E-state index contributed by atoms with van der Waals surface area (Å²) in [5.41, 5.74) is -2.37. The van der Waals surface area contributed by atoms with Crippen molar-refractivity contribution in [3.63, 3.8) is 0 Å². The first-order chi connectivity index (χ1) is 18.5. The van der Waals surface area contributed by atoms with Crippen molar-refractivity contribution in [1.29, 1.82) is 0 Å². The van der Waals surface area contributed by atoms with E-state index in [2.05, 4.69) is 21.2 Å². The minimum absolute atomic E-state index is 0.0468. The number of alkyl halides is 2. The van der Waals surface area contributed by atoms with Crippen LogP contribution in [0.5, 0.6) is 0 Å². The Labute approximate surface area is 232 Å². The van der Waals surface area contributed by atoms with Gasteiger partial charge >= 0.3 is 19.2 Å². The molecule has 0 atom stereocenters. The van der Waals surface area contributed by atoms with E-state index in [1.807, 2.05) is 30.3 Å². The Morgan fingerprint density at radius 3 is 2.26 bits per heavy atom. The van der Waals surface area contributed by atoms with Gasteiger partial charge in [0.25, 0.3) is 0 Å². The van der Waals surface area contributed by atoms with E-state index in [0.717, 1.165) is 18.1 Å². The van der Waals surface area contributed by atoms with Crippen LogP contribution in [0.1, 0.15) is 32.6 Å². The molecule has 1 amide bonds. The number of carbonyl (C=O) groups is 2. The summed E-state index contributed by atoms with van der Waals surface area (Å²) in [6.45, 7) is 0.507. The average Bonchev–Trinajstić information content (AvgIpc) is 2.91. The topological polar surface area (TPSA) is 116 Å². The van der Waals surface area contributed by atoms with Gasteiger partial charge in [0.05, 0.1) is 24.9 Å². The molecule has 12 heteroatoms. The predicted molar refractivity (Wildman–Crippen MR) is 146 cm³/mol. The van der Waals surface area contributed by atoms with Crippen molar-refractivity contribution < 1.29 is 37.5 Å². The Morgan fingerprint density at radius 2 is 1.69 bits per heavy atom. The molecule has 8 nitrogen and oxygen atoms in total. The lowest BCUT2D eigenvalue weighted by Gasteiger charge is -2.23. The van der Waals surface area contributed by atoms with Crippen molar-refractivity contribution in [1.82, 2.24) is 10.2 Å². The lowest BCUT2D eigenvalue weighted by atomic mass is 10.1. The number of halogens is 3. The Balaban J connectivity index is 1.89. The van der Waals surface area contributed by atoms with Gasteiger partial charge in [0, 0.05) is 22.8 Å². The highest BCUT2D eigenvalue weighted by atomic mass is 79.9. The van der Waals surface area contributed by atoms with Gasteiger partial charge in [-0.3, -0.25) is 9.36 Å². The Hall–Kier alpha value is -3.37. The van der Waals surface area contributed by atoms with E-state index in [9.17, 15) is 22.9 Å². The molecule has 0 unspecified atom stereocenters. The van der Waals surface area contributed by atoms with Crippen LogP contribution < -0.4 is 5.32 Å². The fourth-order valence-electron chi connectivity index (χ4n) is 3.69. The maximum absolute atomic E-state index is 14.2. The fraction of sp³-hybridized carbons (Fsp3) is 0.185. The Morgan fingerprint density at radius 1 is 1.05 bits per heavy atom. The van der Waals surface area contributed by atoms with Gasteiger partial charge in [-0.1, -0.05) is 70.5 Å². The zero-order chi connectivity index (χ0) is 28.6. The number of carbonyl (C=O) groups excluding carboxylic acids is 2. The van der Waals surface area contributed by atoms with Crippen molar-refractivity contribution in [3.8, 4) is 0 Å². The molecule has 3 N–H and O–H groups in total. The van der Waals surface area contributed by atoms with Crippen LogP contribution in [0, 0.1) is 0 Å². The number of nitrogens with one attached hydrogen (secondary N) is 1. The molecule has 3 rings (SSSR count). The third-order valence-electron chi connectivity index (χ3n) is 5.75. The number of hydrogen-bond donors (Lipinski definition) is 3. The highest BCUT2D eigenvalue weighted by Gasteiger charge is 2.51. The first-order valence-corrected chi connectivity index (χ1v) is 14.0. The van der Waals surface area contributed by atoms with Crippen molar-refractivity contribution >= 4 is 41.6 Å². The average molecular weight is 623 g/mol. The fourth-order valence-corrected chi connectivity index (χ4v) is 5.03. The van der Waals surface area contributed by atoms with E-state index in [1.54, 1.807) is 30.5 Å². The third kappa shape index (κ3) is 7.60. The zero-order valence-electron chi connectivity index (χ0n) is 20.8. The smallest absolute Gasteiger partial charge is 0.399 e. The second-order valence-corrected chi connectivity index (χ2v) is 10.9. The largest absolute Gasteiger partial charge is 0.465 e. The summed E-state index contributed by atoms with van der Waals surface area (Å²) < 4.78 is 44.3. The van der Waals surface area contributed by atoms with Crippen molar-refractivity contribution in [2.45, 2.75) is 18.6 Å². The van der Waals surface area contributed by atoms with Crippen molar-refractivity contribution in [2.75, 3.05) is 13.7 Å². The number of rotatable bonds is 12. The maximum atomic E-state index is 14.2. The molecule has 3 aromatic rings. The monoisotopic (exact) mass is 622 g/mol. The maximum Gasteiger partial charge on any atom is 0.399 e. The molecule has 0 radical (unpaired) electrons. The summed E-state index contributed by atoms with van der Waals surface area (Å²) in [6.07, 6.45) is 2.94. The molecular formula is C27H26BrF2N2O6P. The normalized spacial score (nSPS) is 12.1. The highest BCUT2D eigenvalue weighted by Crippen LogP contribution is 2.60. The quantitative estimate of drug-likeness (QED) is 0.109. The number of nitrogens with zero attached hydrogens (tertiary/aromatic N) is 1. The standard InChI is InChI=1S/C27H26BrF2N2O6P/c1-38-26(34)22-10-8-21(9-11-22)25(16-31-14-13-19-5-3-2-4-6-19)32(18-33)17-20-7-12-23(24(28)15-20)27(29,30)39(35,36)37/h2-12,15-16,18,31H,13-14,17H2,1H3,(H2,35,36,37)/b25-16-. The third-order valence-corrected chi connectivity index (χ3v) is 7.38. The molecule has 0 saturated carbocycles. The molecular weight excluding hydrogens is 597 g/mol. The van der Waals surface area contributed by atoms with Gasteiger partial charge in [-0.25, -0.2) is 4.79 Å². The Bertz CT molecular complexity index is 1380. The van der Waals surface area contributed by atoms with Crippen LogP contribution >= 0.6 is 23.5 Å². The van der Waals surface area contributed by atoms with E-state index in [4.69, 9.17) is 14.5 Å². The van der Waals surface area contributed by atoms with Crippen LogP contribution in [0.25, 0.3) is 5.70 Å². The number of amides is 1. The molecule has 39 heavy (non-hydrogen) atoms. The van der Waals surface area contributed by atoms with Crippen LogP contribution in [0.15, 0.2) is 83.5 Å². The van der Waals surface area contributed by atoms with E-state index >= 15 is 0 Å². The molecule has 0 heterocycles. The molecule has 0 bridgehead atoms. The van der Waals surface area contributed by atoms with Gasteiger partial charge in [0.2, 0.25) is 6.41 Å². The Kier molecular flexibility index (Phi) is 10.2. The molecule has 0 aliphatic carbocycles. The van der Waals surface area contributed by atoms with Gasteiger partial charge in [-0.05, 0) is 41.3 Å². The number of hydrogen-bond acceptors (Lipinski definition) is 5. The van der Waals surface area contributed by atoms with E-state index < -0.39 is 24.8 Å². The minimum Gasteiger partial charge on any atom is -0.465 e. The molecule has 0 aromatic heterocycles. The van der Waals surface area contributed by atoms with Crippen LogP contribution in [0.2, 0.25) is 0 Å². The summed E-state index contributed by atoms with van der Waals surface area (Å²) in [5, 5.41) is 3.19. The first-order valence-electron chi connectivity index (χ1n) is 11.6. The zero-order valence-corrected chi connectivity index (χ0v) is 23.2. The molecule has 0 aliphatic rings. The van der Waals surface area contributed by atoms with Crippen LogP contribution in [-0.2, 0) is 32.7 Å². The van der Waals surface area contributed by atoms with Crippen molar-refractivity contribution in [3.05, 3.63) is 111 Å². The number of ether oxygens (including phenoxy) is 1. The van der Waals surface area contributed by atoms with Gasteiger partial charge in [0.15, 0.2) is 0 Å². The van der Waals surface area contributed by atoms with Crippen molar-refractivity contribution in [2.24, 2.45) is 0 Å². The number of methoxy groups -OCH3 is 1. The lowest BCUT2D eigenvalue weighted by Crippen LogP contribution is -2.23. The van der Waals surface area contributed by atoms with Crippen LogP contribution in [-0.4, -0.2) is 40.7 Å². The van der Waals surface area contributed by atoms with Gasteiger partial charge < -0.3 is 24.7 Å². The summed E-state index contributed by atoms with van der Waals surface area (Å²) in [4.78, 5) is 43.5. The van der Waals surface area contributed by atoms with E-state index in [0.29, 0.717) is 35.3 Å². The minimum atomic E-state index is -5.75. The molecule has 0 aliphatic heterocycles.